The van der Waals surface area contributed by atoms with Gasteiger partial charge >= 0.3 is 0 Å². The molecule has 1 aromatic heterocycles. The summed E-state index contributed by atoms with van der Waals surface area (Å²) in [6.07, 6.45) is 1.75. The van der Waals surface area contributed by atoms with Crippen LogP contribution in [-0.2, 0) is 9.53 Å². The van der Waals surface area contributed by atoms with Gasteiger partial charge in [-0.2, -0.15) is 0 Å². The molecule has 1 aliphatic heterocycles. The van der Waals surface area contributed by atoms with Crippen LogP contribution in [0, 0.1) is 6.92 Å². The maximum atomic E-state index is 12.2. The second-order valence-electron chi connectivity index (χ2n) is 4.84. The van der Waals surface area contributed by atoms with E-state index in [2.05, 4.69) is 9.97 Å². The van der Waals surface area contributed by atoms with Crippen LogP contribution in [0.2, 0.25) is 0 Å². The number of rotatable bonds is 3. The highest BCUT2D eigenvalue weighted by atomic mass is 32.2. The average Bonchev–Trinajstić information content (AvgIpc) is 2.35. The second-order valence-corrected chi connectivity index (χ2v) is 5.84. The molecule has 19 heavy (non-hydrogen) atoms. The van der Waals surface area contributed by atoms with Crippen LogP contribution in [0.3, 0.4) is 0 Å². The van der Waals surface area contributed by atoms with Crippen LogP contribution in [0.25, 0.3) is 0 Å². The Hall–Kier alpha value is -1.14. The summed E-state index contributed by atoms with van der Waals surface area (Å²) in [6.45, 7) is 7.26. The number of thioether (sulfide) groups is 1. The van der Waals surface area contributed by atoms with Crippen molar-refractivity contribution in [2.24, 2.45) is 0 Å². The standard InChI is InChI=1S/C13H19N3O2S/c1-9-4-12(15-8-14-9)19-7-13(17)16-5-10(2)18-11(3)6-16/h4,8,10-11H,5-7H2,1-3H3/t10-,11+. The molecule has 2 rings (SSSR count). The lowest BCUT2D eigenvalue weighted by Gasteiger charge is -2.35. The molecule has 0 saturated carbocycles. The number of hydrogen-bond donors (Lipinski definition) is 0. The van der Waals surface area contributed by atoms with Crippen LogP contribution in [0.1, 0.15) is 19.5 Å². The van der Waals surface area contributed by atoms with Gasteiger partial charge in [0, 0.05) is 18.8 Å². The van der Waals surface area contributed by atoms with E-state index in [0.29, 0.717) is 18.8 Å². The van der Waals surface area contributed by atoms with E-state index in [0.717, 1.165) is 10.7 Å². The van der Waals surface area contributed by atoms with E-state index in [-0.39, 0.29) is 18.1 Å². The van der Waals surface area contributed by atoms with Crippen molar-refractivity contribution in [1.82, 2.24) is 14.9 Å². The molecular formula is C13H19N3O2S. The van der Waals surface area contributed by atoms with Gasteiger partial charge < -0.3 is 9.64 Å². The molecule has 2 heterocycles. The van der Waals surface area contributed by atoms with Crippen LogP contribution in [-0.4, -0.2) is 51.8 Å². The van der Waals surface area contributed by atoms with Crippen LogP contribution in [0.15, 0.2) is 17.4 Å². The topological polar surface area (TPSA) is 55.3 Å². The first kappa shape index (κ1) is 14.3. The van der Waals surface area contributed by atoms with Crippen molar-refractivity contribution in [3.63, 3.8) is 0 Å². The van der Waals surface area contributed by atoms with Crippen LogP contribution in [0.5, 0.6) is 0 Å². The molecule has 0 aromatic carbocycles. The Morgan fingerprint density at radius 3 is 2.74 bits per heavy atom. The highest BCUT2D eigenvalue weighted by Gasteiger charge is 2.25. The highest BCUT2D eigenvalue weighted by Crippen LogP contribution is 2.17. The van der Waals surface area contributed by atoms with E-state index in [9.17, 15) is 4.79 Å². The number of morpholine rings is 1. The summed E-state index contributed by atoms with van der Waals surface area (Å²) in [6, 6.07) is 1.89. The minimum absolute atomic E-state index is 0.110. The molecule has 104 valence electrons. The Morgan fingerprint density at radius 1 is 1.42 bits per heavy atom. The van der Waals surface area contributed by atoms with Gasteiger partial charge in [0.15, 0.2) is 0 Å². The van der Waals surface area contributed by atoms with E-state index in [1.165, 1.54) is 18.1 Å². The van der Waals surface area contributed by atoms with E-state index in [1.807, 2.05) is 31.7 Å². The van der Waals surface area contributed by atoms with Crippen molar-refractivity contribution < 1.29 is 9.53 Å². The number of carbonyl (C=O) groups is 1. The third-order valence-corrected chi connectivity index (χ3v) is 3.80. The van der Waals surface area contributed by atoms with Crippen LogP contribution >= 0.6 is 11.8 Å². The number of aryl methyl sites for hydroxylation is 1. The summed E-state index contributed by atoms with van der Waals surface area (Å²) in [5.74, 6) is 0.555. The molecule has 0 bridgehead atoms. The number of aromatic nitrogens is 2. The van der Waals surface area contributed by atoms with E-state index < -0.39 is 0 Å². The first-order valence-electron chi connectivity index (χ1n) is 6.39. The fourth-order valence-corrected chi connectivity index (χ4v) is 2.95. The van der Waals surface area contributed by atoms with Crippen molar-refractivity contribution >= 4 is 17.7 Å². The minimum atomic E-state index is 0.110. The number of carbonyl (C=O) groups excluding carboxylic acids is 1. The molecule has 0 aliphatic carbocycles. The third kappa shape index (κ3) is 4.18. The summed E-state index contributed by atoms with van der Waals surface area (Å²) in [7, 11) is 0. The number of nitrogens with zero attached hydrogens (tertiary/aromatic N) is 3. The molecule has 0 spiro atoms. The molecule has 1 fully saturated rings. The van der Waals surface area contributed by atoms with Gasteiger partial charge in [0.2, 0.25) is 5.91 Å². The predicted molar refractivity (Wildman–Crippen MR) is 74.1 cm³/mol. The third-order valence-electron chi connectivity index (χ3n) is 2.89. The largest absolute Gasteiger partial charge is 0.372 e. The first-order chi connectivity index (χ1) is 9.04. The van der Waals surface area contributed by atoms with Gasteiger partial charge in [-0.1, -0.05) is 11.8 Å². The minimum Gasteiger partial charge on any atom is -0.372 e. The van der Waals surface area contributed by atoms with Gasteiger partial charge in [-0.15, -0.1) is 0 Å². The molecule has 1 amide bonds. The number of ether oxygens (including phenoxy) is 1. The zero-order valence-corrected chi connectivity index (χ0v) is 12.3. The maximum absolute atomic E-state index is 12.2. The van der Waals surface area contributed by atoms with E-state index in [1.54, 1.807) is 0 Å². The molecule has 0 unspecified atom stereocenters. The monoisotopic (exact) mass is 281 g/mol. The highest BCUT2D eigenvalue weighted by molar-refractivity contribution is 7.99. The molecule has 0 radical (unpaired) electrons. The van der Waals surface area contributed by atoms with E-state index >= 15 is 0 Å². The lowest BCUT2D eigenvalue weighted by Crippen LogP contribution is -2.48. The van der Waals surface area contributed by atoms with Crippen molar-refractivity contribution in [2.75, 3.05) is 18.8 Å². The normalized spacial score (nSPS) is 23.4. The molecule has 1 aromatic rings. The molecular weight excluding hydrogens is 262 g/mol. The summed E-state index contributed by atoms with van der Waals surface area (Å²) < 4.78 is 5.62. The van der Waals surface area contributed by atoms with Crippen molar-refractivity contribution in [3.8, 4) is 0 Å². The summed E-state index contributed by atoms with van der Waals surface area (Å²) in [5.41, 5.74) is 0.915. The van der Waals surface area contributed by atoms with E-state index in [4.69, 9.17) is 4.74 Å². The van der Waals surface area contributed by atoms with Gasteiger partial charge in [-0.05, 0) is 26.8 Å². The first-order valence-corrected chi connectivity index (χ1v) is 7.38. The van der Waals surface area contributed by atoms with Crippen molar-refractivity contribution in [3.05, 3.63) is 18.1 Å². The number of amides is 1. The molecule has 6 heteroatoms. The van der Waals surface area contributed by atoms with Crippen LogP contribution in [0.4, 0.5) is 0 Å². The van der Waals surface area contributed by atoms with Crippen molar-refractivity contribution in [2.45, 2.75) is 38.0 Å². The Bertz CT molecular complexity index is 445. The lowest BCUT2D eigenvalue weighted by molar-refractivity contribution is -0.140. The molecule has 1 saturated heterocycles. The lowest BCUT2D eigenvalue weighted by atomic mass is 10.2. The molecule has 0 N–H and O–H groups in total. The van der Waals surface area contributed by atoms with Crippen LogP contribution < -0.4 is 0 Å². The molecule has 1 aliphatic rings. The summed E-state index contributed by atoms with van der Waals surface area (Å²) in [5, 5.41) is 0.843. The second kappa shape index (κ2) is 6.34. The van der Waals surface area contributed by atoms with Gasteiger partial charge in [0.05, 0.1) is 18.0 Å². The van der Waals surface area contributed by atoms with Crippen molar-refractivity contribution in [1.29, 1.82) is 0 Å². The quantitative estimate of drug-likeness (QED) is 0.621. The molecule has 5 nitrogen and oxygen atoms in total. The predicted octanol–water partition coefficient (Wildman–Crippen LogP) is 1.51. The Morgan fingerprint density at radius 2 is 2.11 bits per heavy atom. The Balaban J connectivity index is 1.87. The van der Waals surface area contributed by atoms with Gasteiger partial charge in [-0.3, -0.25) is 4.79 Å². The number of hydrogen-bond acceptors (Lipinski definition) is 5. The zero-order chi connectivity index (χ0) is 13.8. The van der Waals surface area contributed by atoms with Gasteiger partial charge in [0.25, 0.3) is 0 Å². The fraction of sp³-hybridized carbons (Fsp3) is 0.615. The summed E-state index contributed by atoms with van der Waals surface area (Å²) >= 11 is 1.46. The van der Waals surface area contributed by atoms with Gasteiger partial charge in [-0.25, -0.2) is 9.97 Å². The molecule has 2 atom stereocenters. The Labute approximate surface area is 117 Å². The Kier molecular flexibility index (Phi) is 4.76. The smallest absolute Gasteiger partial charge is 0.233 e. The SMILES string of the molecule is Cc1cc(SCC(=O)N2C[C@@H](C)O[C@@H](C)C2)ncn1. The zero-order valence-electron chi connectivity index (χ0n) is 11.5. The maximum Gasteiger partial charge on any atom is 0.233 e. The fourth-order valence-electron chi connectivity index (χ4n) is 2.12. The average molecular weight is 281 g/mol. The summed E-state index contributed by atoms with van der Waals surface area (Å²) in [4.78, 5) is 22.2. The van der Waals surface area contributed by atoms with Gasteiger partial charge in [0.1, 0.15) is 11.4 Å².